The number of carbonyl (C=O) groups excluding carboxylic acids is 1. The van der Waals surface area contributed by atoms with Crippen molar-refractivity contribution in [2.75, 3.05) is 14.1 Å². The molecule has 0 spiro atoms. The Balaban J connectivity index is 2.50. The van der Waals surface area contributed by atoms with E-state index < -0.39 is 0 Å². The zero-order valence-electron chi connectivity index (χ0n) is 8.53. The summed E-state index contributed by atoms with van der Waals surface area (Å²) in [6.45, 7) is 0. The van der Waals surface area contributed by atoms with Crippen molar-refractivity contribution in [3.05, 3.63) is 29.8 Å². The molecule has 0 aliphatic carbocycles. The van der Waals surface area contributed by atoms with Gasteiger partial charge in [-0.3, -0.25) is 4.79 Å². The fraction of sp³-hybridized carbons (Fsp3) is 0.364. The predicted octanol–water partition coefficient (Wildman–Crippen LogP) is 1.41. The Labute approximate surface area is 84.0 Å². The van der Waals surface area contributed by atoms with Gasteiger partial charge in [-0.05, 0) is 24.1 Å². The minimum atomic E-state index is 0.105. The summed E-state index contributed by atoms with van der Waals surface area (Å²) in [4.78, 5) is 12.8. The highest BCUT2D eigenvalue weighted by Crippen LogP contribution is 2.12. The molecular weight excluding hydrogens is 178 g/mol. The number of carbonyl (C=O) groups is 1. The van der Waals surface area contributed by atoms with E-state index in [-0.39, 0.29) is 11.7 Å². The first-order valence-electron chi connectivity index (χ1n) is 4.57. The largest absolute Gasteiger partial charge is 0.508 e. The van der Waals surface area contributed by atoms with Crippen molar-refractivity contribution in [3.63, 3.8) is 0 Å². The molecule has 3 nitrogen and oxygen atoms in total. The molecule has 14 heavy (non-hydrogen) atoms. The summed E-state index contributed by atoms with van der Waals surface area (Å²) in [5.41, 5.74) is 0.986. The van der Waals surface area contributed by atoms with E-state index in [1.54, 1.807) is 37.2 Å². The summed E-state index contributed by atoms with van der Waals surface area (Å²) in [6.07, 6.45) is 1.15. The van der Waals surface area contributed by atoms with Crippen LogP contribution in [0.1, 0.15) is 12.0 Å². The molecule has 3 heteroatoms. The highest BCUT2D eigenvalue weighted by Gasteiger charge is 2.04. The van der Waals surface area contributed by atoms with Crippen LogP contribution in [-0.4, -0.2) is 30.0 Å². The van der Waals surface area contributed by atoms with E-state index >= 15 is 0 Å². The number of aryl methyl sites for hydroxylation is 1. The van der Waals surface area contributed by atoms with Gasteiger partial charge in [0.25, 0.3) is 0 Å². The smallest absolute Gasteiger partial charge is 0.222 e. The minimum absolute atomic E-state index is 0.105. The van der Waals surface area contributed by atoms with Crippen LogP contribution >= 0.6 is 0 Å². The molecule has 0 unspecified atom stereocenters. The van der Waals surface area contributed by atoms with E-state index in [1.807, 2.05) is 6.07 Å². The summed E-state index contributed by atoms with van der Waals surface area (Å²) in [5.74, 6) is 0.355. The van der Waals surface area contributed by atoms with Crippen molar-refractivity contribution in [1.82, 2.24) is 4.90 Å². The number of hydrogen-bond acceptors (Lipinski definition) is 2. The molecule has 1 amide bonds. The maximum atomic E-state index is 11.3. The molecule has 0 saturated heterocycles. The Morgan fingerprint density at radius 2 is 2.14 bits per heavy atom. The molecule has 1 N–H and O–H groups in total. The minimum Gasteiger partial charge on any atom is -0.508 e. The van der Waals surface area contributed by atoms with Crippen LogP contribution in [0.5, 0.6) is 5.75 Å². The quantitative estimate of drug-likeness (QED) is 0.788. The van der Waals surface area contributed by atoms with Gasteiger partial charge in [-0.2, -0.15) is 0 Å². The fourth-order valence-electron chi connectivity index (χ4n) is 1.19. The van der Waals surface area contributed by atoms with E-state index in [2.05, 4.69) is 0 Å². The van der Waals surface area contributed by atoms with Crippen molar-refractivity contribution in [3.8, 4) is 5.75 Å². The third-order valence-electron chi connectivity index (χ3n) is 2.04. The number of phenolic OH excluding ortho intramolecular Hbond substituents is 1. The summed E-state index contributed by atoms with van der Waals surface area (Å²) in [6, 6.07) is 6.99. The summed E-state index contributed by atoms with van der Waals surface area (Å²) in [5, 5.41) is 9.19. The predicted molar refractivity (Wildman–Crippen MR) is 55.1 cm³/mol. The third-order valence-corrected chi connectivity index (χ3v) is 2.04. The molecule has 0 saturated carbocycles. The Bertz CT molecular complexity index is 321. The Hall–Kier alpha value is -1.51. The van der Waals surface area contributed by atoms with Crippen LogP contribution in [0.4, 0.5) is 0 Å². The van der Waals surface area contributed by atoms with Crippen LogP contribution in [0, 0.1) is 0 Å². The maximum absolute atomic E-state index is 11.3. The van der Waals surface area contributed by atoms with Gasteiger partial charge in [0.05, 0.1) is 0 Å². The average Bonchev–Trinajstić information content (AvgIpc) is 2.14. The van der Waals surface area contributed by atoms with Gasteiger partial charge in [0.2, 0.25) is 5.91 Å². The van der Waals surface area contributed by atoms with Crippen molar-refractivity contribution in [2.45, 2.75) is 12.8 Å². The van der Waals surface area contributed by atoms with Gasteiger partial charge >= 0.3 is 0 Å². The molecule has 0 bridgehead atoms. The van der Waals surface area contributed by atoms with Gasteiger partial charge in [0.1, 0.15) is 5.75 Å². The Morgan fingerprint density at radius 3 is 2.71 bits per heavy atom. The molecule has 0 atom stereocenters. The van der Waals surface area contributed by atoms with Crippen LogP contribution in [0.15, 0.2) is 24.3 Å². The lowest BCUT2D eigenvalue weighted by Gasteiger charge is -2.09. The topological polar surface area (TPSA) is 40.5 Å². The average molecular weight is 193 g/mol. The number of phenols is 1. The first kappa shape index (κ1) is 10.6. The first-order chi connectivity index (χ1) is 6.59. The zero-order valence-corrected chi connectivity index (χ0v) is 8.53. The molecule has 0 fully saturated rings. The van der Waals surface area contributed by atoms with Gasteiger partial charge in [-0.25, -0.2) is 0 Å². The molecule has 0 aromatic heterocycles. The van der Waals surface area contributed by atoms with Crippen LogP contribution in [0.25, 0.3) is 0 Å². The number of rotatable bonds is 3. The molecule has 1 rings (SSSR count). The molecule has 1 aromatic rings. The first-order valence-corrected chi connectivity index (χ1v) is 4.57. The molecular formula is C11H15NO2. The highest BCUT2D eigenvalue weighted by atomic mass is 16.3. The SMILES string of the molecule is CN(C)C(=O)CCc1cccc(O)c1. The van der Waals surface area contributed by atoms with Gasteiger partial charge in [0, 0.05) is 20.5 Å². The van der Waals surface area contributed by atoms with Gasteiger partial charge < -0.3 is 10.0 Å². The molecule has 0 aliphatic heterocycles. The lowest BCUT2D eigenvalue weighted by atomic mass is 10.1. The van der Waals surface area contributed by atoms with E-state index in [4.69, 9.17) is 0 Å². The Morgan fingerprint density at radius 1 is 1.43 bits per heavy atom. The van der Waals surface area contributed by atoms with Gasteiger partial charge in [-0.15, -0.1) is 0 Å². The summed E-state index contributed by atoms with van der Waals surface area (Å²) < 4.78 is 0. The summed E-state index contributed by atoms with van der Waals surface area (Å²) >= 11 is 0. The molecule has 76 valence electrons. The fourth-order valence-corrected chi connectivity index (χ4v) is 1.19. The number of nitrogens with zero attached hydrogens (tertiary/aromatic N) is 1. The van der Waals surface area contributed by atoms with E-state index in [1.165, 1.54) is 0 Å². The second-order valence-electron chi connectivity index (χ2n) is 3.46. The normalized spacial score (nSPS) is 9.86. The van der Waals surface area contributed by atoms with E-state index in [9.17, 15) is 9.90 Å². The maximum Gasteiger partial charge on any atom is 0.222 e. The highest BCUT2D eigenvalue weighted by molar-refractivity contribution is 5.75. The molecule has 0 heterocycles. The van der Waals surface area contributed by atoms with Gasteiger partial charge in [0.15, 0.2) is 0 Å². The zero-order chi connectivity index (χ0) is 10.6. The Kier molecular flexibility index (Phi) is 3.51. The van der Waals surface area contributed by atoms with Crippen molar-refractivity contribution in [2.24, 2.45) is 0 Å². The van der Waals surface area contributed by atoms with Crippen molar-refractivity contribution < 1.29 is 9.90 Å². The summed E-state index contributed by atoms with van der Waals surface area (Å²) in [7, 11) is 3.48. The van der Waals surface area contributed by atoms with E-state index in [0.29, 0.717) is 12.8 Å². The monoisotopic (exact) mass is 193 g/mol. The van der Waals surface area contributed by atoms with Crippen LogP contribution in [0.2, 0.25) is 0 Å². The number of aromatic hydroxyl groups is 1. The number of hydrogen-bond donors (Lipinski definition) is 1. The number of benzene rings is 1. The molecule has 0 aliphatic rings. The van der Waals surface area contributed by atoms with Crippen molar-refractivity contribution >= 4 is 5.91 Å². The van der Waals surface area contributed by atoms with Crippen LogP contribution in [0.3, 0.4) is 0 Å². The lowest BCUT2D eigenvalue weighted by Crippen LogP contribution is -2.21. The molecule has 1 aromatic carbocycles. The van der Waals surface area contributed by atoms with Gasteiger partial charge in [-0.1, -0.05) is 12.1 Å². The third kappa shape index (κ3) is 3.09. The lowest BCUT2D eigenvalue weighted by molar-refractivity contribution is -0.128. The second kappa shape index (κ2) is 4.65. The standard InChI is InChI=1S/C11H15NO2/c1-12(2)11(14)7-6-9-4-3-5-10(13)8-9/h3-5,8,13H,6-7H2,1-2H3. The van der Waals surface area contributed by atoms with E-state index in [0.717, 1.165) is 5.56 Å². The molecule has 0 radical (unpaired) electrons. The van der Waals surface area contributed by atoms with Crippen LogP contribution < -0.4 is 0 Å². The van der Waals surface area contributed by atoms with Crippen LogP contribution in [-0.2, 0) is 11.2 Å². The second-order valence-corrected chi connectivity index (χ2v) is 3.46. The number of amides is 1. The van der Waals surface area contributed by atoms with Crippen molar-refractivity contribution in [1.29, 1.82) is 0 Å².